The largest absolute Gasteiger partial charge is 0.345 e. The summed E-state index contributed by atoms with van der Waals surface area (Å²) in [6.45, 7) is 2.01. The molecule has 0 aromatic heterocycles. The minimum absolute atomic E-state index is 0.0606. The van der Waals surface area contributed by atoms with Crippen LogP contribution < -0.4 is 0 Å². The first kappa shape index (κ1) is 13.7. The molecule has 0 fully saturated rings. The quantitative estimate of drug-likeness (QED) is 0.784. The molecule has 0 bridgehead atoms. The Hall–Kier alpha value is -0.380. The first-order valence-electron chi connectivity index (χ1n) is 4.81. The van der Waals surface area contributed by atoms with Crippen LogP contribution in [0.3, 0.4) is 0 Å². The van der Waals surface area contributed by atoms with Crippen molar-refractivity contribution in [2.45, 2.75) is 11.8 Å². The maximum absolute atomic E-state index is 11.9. The van der Waals surface area contributed by atoms with Crippen LogP contribution in [-0.2, 0) is 0 Å². The number of carbonyl (C=O) groups is 1. The fraction of sp³-hybridized carbons (Fsp3) is 0.364. The van der Waals surface area contributed by atoms with Crippen LogP contribution in [0.1, 0.15) is 17.3 Å². The lowest BCUT2D eigenvalue weighted by molar-refractivity contribution is 0.0824. The second-order valence-corrected chi connectivity index (χ2v) is 5.43. The average Bonchev–Trinajstić information content (AvgIpc) is 2.24. The fourth-order valence-corrected chi connectivity index (χ4v) is 2.60. The van der Waals surface area contributed by atoms with Crippen molar-refractivity contribution in [3.05, 3.63) is 27.7 Å². The second kappa shape index (κ2) is 5.80. The molecule has 0 saturated carbocycles. The summed E-state index contributed by atoms with van der Waals surface area (Å²) in [6, 6.07) is 3.37. The van der Waals surface area contributed by atoms with E-state index in [0.717, 1.165) is 10.6 Å². The number of rotatable bonds is 3. The van der Waals surface area contributed by atoms with E-state index in [1.807, 2.05) is 6.92 Å². The maximum Gasteiger partial charge on any atom is 0.254 e. The highest BCUT2D eigenvalue weighted by atomic mass is 35.5. The van der Waals surface area contributed by atoms with Crippen LogP contribution in [0.5, 0.6) is 0 Å². The Labute approximate surface area is 110 Å². The molecule has 0 aliphatic heterocycles. The SMILES string of the molecule is CCSc1c(C(=O)N(C)C)ccc(Cl)c1Cl. The van der Waals surface area contributed by atoms with E-state index in [9.17, 15) is 4.79 Å². The highest BCUT2D eigenvalue weighted by Gasteiger charge is 2.17. The molecule has 0 aliphatic carbocycles. The van der Waals surface area contributed by atoms with Crippen LogP contribution in [0.4, 0.5) is 0 Å². The smallest absolute Gasteiger partial charge is 0.254 e. The molecular weight excluding hydrogens is 265 g/mol. The van der Waals surface area contributed by atoms with Gasteiger partial charge in [0, 0.05) is 19.0 Å². The standard InChI is InChI=1S/C11H13Cl2NOS/c1-4-16-10-7(11(15)14(2)3)5-6-8(12)9(10)13/h5-6H,4H2,1-3H3. The number of nitrogens with zero attached hydrogens (tertiary/aromatic N) is 1. The summed E-state index contributed by atoms with van der Waals surface area (Å²) in [5, 5.41) is 0.939. The number of amides is 1. The molecule has 88 valence electrons. The molecule has 1 aromatic rings. The van der Waals surface area contributed by atoms with E-state index in [1.165, 1.54) is 16.7 Å². The molecule has 16 heavy (non-hydrogen) atoms. The van der Waals surface area contributed by atoms with E-state index in [4.69, 9.17) is 23.2 Å². The molecule has 2 nitrogen and oxygen atoms in total. The molecule has 0 spiro atoms. The minimum Gasteiger partial charge on any atom is -0.345 e. The lowest BCUT2D eigenvalue weighted by Gasteiger charge is -2.15. The molecule has 0 saturated heterocycles. The lowest BCUT2D eigenvalue weighted by atomic mass is 10.2. The zero-order valence-electron chi connectivity index (χ0n) is 9.38. The number of hydrogen-bond acceptors (Lipinski definition) is 2. The lowest BCUT2D eigenvalue weighted by Crippen LogP contribution is -2.22. The van der Waals surface area contributed by atoms with Crippen molar-refractivity contribution in [2.24, 2.45) is 0 Å². The molecule has 5 heteroatoms. The van der Waals surface area contributed by atoms with Gasteiger partial charge in [0.25, 0.3) is 5.91 Å². The van der Waals surface area contributed by atoms with E-state index in [1.54, 1.807) is 26.2 Å². The van der Waals surface area contributed by atoms with Crippen LogP contribution in [0.2, 0.25) is 10.0 Å². The van der Waals surface area contributed by atoms with E-state index >= 15 is 0 Å². The Kier molecular flexibility index (Phi) is 4.96. The Balaban J connectivity index is 3.28. The zero-order chi connectivity index (χ0) is 12.3. The first-order valence-corrected chi connectivity index (χ1v) is 6.55. The van der Waals surface area contributed by atoms with Gasteiger partial charge in [-0.15, -0.1) is 11.8 Å². The van der Waals surface area contributed by atoms with Crippen LogP contribution in [0, 0.1) is 0 Å². The summed E-state index contributed by atoms with van der Waals surface area (Å²) in [7, 11) is 3.43. The van der Waals surface area contributed by atoms with Gasteiger partial charge in [0.05, 0.1) is 15.6 Å². The van der Waals surface area contributed by atoms with Gasteiger partial charge in [-0.25, -0.2) is 0 Å². The second-order valence-electron chi connectivity index (χ2n) is 3.37. The molecule has 0 atom stereocenters. The van der Waals surface area contributed by atoms with Crippen molar-refractivity contribution in [3.8, 4) is 0 Å². The summed E-state index contributed by atoms with van der Waals surface area (Å²) >= 11 is 13.6. The van der Waals surface area contributed by atoms with Crippen molar-refractivity contribution in [1.29, 1.82) is 0 Å². The topological polar surface area (TPSA) is 20.3 Å². The summed E-state index contributed by atoms with van der Waals surface area (Å²) in [5.41, 5.74) is 0.603. The highest BCUT2D eigenvalue weighted by molar-refractivity contribution is 7.99. The van der Waals surface area contributed by atoms with Crippen LogP contribution in [0.25, 0.3) is 0 Å². The van der Waals surface area contributed by atoms with Gasteiger partial charge in [0.1, 0.15) is 0 Å². The zero-order valence-corrected chi connectivity index (χ0v) is 11.7. The average molecular weight is 278 g/mol. The van der Waals surface area contributed by atoms with Crippen molar-refractivity contribution in [1.82, 2.24) is 4.90 Å². The van der Waals surface area contributed by atoms with Gasteiger partial charge in [-0.2, -0.15) is 0 Å². The van der Waals surface area contributed by atoms with Crippen molar-refractivity contribution in [3.63, 3.8) is 0 Å². The molecule has 0 aliphatic rings. The summed E-state index contributed by atoms with van der Waals surface area (Å²) < 4.78 is 0. The van der Waals surface area contributed by atoms with Crippen molar-refractivity contribution < 1.29 is 4.79 Å². The van der Waals surface area contributed by atoms with Gasteiger partial charge in [-0.3, -0.25) is 4.79 Å². The number of thioether (sulfide) groups is 1. The minimum atomic E-state index is -0.0606. The summed E-state index contributed by atoms with van der Waals surface area (Å²) in [5.74, 6) is 0.780. The molecule has 1 amide bonds. The first-order chi connectivity index (χ1) is 7.49. The number of halogens is 2. The number of carbonyl (C=O) groups excluding carboxylic acids is 1. The Morgan fingerprint density at radius 2 is 2.00 bits per heavy atom. The third-order valence-electron chi connectivity index (χ3n) is 1.98. The van der Waals surface area contributed by atoms with E-state index in [2.05, 4.69) is 0 Å². The maximum atomic E-state index is 11.9. The number of hydrogen-bond donors (Lipinski definition) is 0. The van der Waals surface area contributed by atoms with Crippen LogP contribution in [-0.4, -0.2) is 30.7 Å². The molecule has 0 N–H and O–H groups in total. The van der Waals surface area contributed by atoms with Crippen molar-refractivity contribution >= 4 is 40.9 Å². The molecule has 1 rings (SSSR count). The summed E-state index contributed by atoms with van der Waals surface area (Å²) in [6.07, 6.45) is 0. The predicted octanol–water partition coefficient (Wildman–Crippen LogP) is 3.81. The third-order valence-corrected chi connectivity index (χ3v) is 3.89. The molecular formula is C11H13Cl2NOS. The van der Waals surface area contributed by atoms with Gasteiger partial charge in [-0.1, -0.05) is 30.1 Å². The molecule has 0 radical (unpaired) electrons. The van der Waals surface area contributed by atoms with Crippen molar-refractivity contribution in [2.75, 3.05) is 19.8 Å². The highest BCUT2D eigenvalue weighted by Crippen LogP contribution is 2.36. The van der Waals surface area contributed by atoms with Gasteiger partial charge in [0.15, 0.2) is 0 Å². The monoisotopic (exact) mass is 277 g/mol. The molecule has 1 aromatic carbocycles. The van der Waals surface area contributed by atoms with Crippen LogP contribution >= 0.6 is 35.0 Å². The Morgan fingerprint density at radius 1 is 1.38 bits per heavy atom. The summed E-state index contributed by atoms with van der Waals surface area (Å²) in [4.78, 5) is 14.2. The predicted molar refractivity (Wildman–Crippen MR) is 70.9 cm³/mol. The Bertz CT molecular complexity index is 407. The fourth-order valence-electron chi connectivity index (χ4n) is 1.23. The van der Waals surface area contributed by atoms with Gasteiger partial charge >= 0.3 is 0 Å². The van der Waals surface area contributed by atoms with E-state index in [0.29, 0.717) is 15.6 Å². The third kappa shape index (κ3) is 2.84. The van der Waals surface area contributed by atoms with E-state index in [-0.39, 0.29) is 5.91 Å². The van der Waals surface area contributed by atoms with Gasteiger partial charge < -0.3 is 4.90 Å². The molecule has 0 unspecified atom stereocenters. The number of benzene rings is 1. The van der Waals surface area contributed by atoms with Crippen LogP contribution in [0.15, 0.2) is 17.0 Å². The van der Waals surface area contributed by atoms with Gasteiger partial charge in [-0.05, 0) is 17.9 Å². The van der Waals surface area contributed by atoms with Gasteiger partial charge in [0.2, 0.25) is 0 Å². The van der Waals surface area contributed by atoms with E-state index < -0.39 is 0 Å². The Morgan fingerprint density at radius 3 is 2.50 bits per heavy atom. The normalized spacial score (nSPS) is 10.3. The molecule has 0 heterocycles.